The van der Waals surface area contributed by atoms with Crippen LogP contribution in [0.25, 0.3) is 0 Å². The van der Waals surface area contributed by atoms with E-state index in [1.165, 1.54) is 16.8 Å². The van der Waals surface area contributed by atoms with E-state index < -0.39 is 0 Å². The molecule has 0 spiro atoms. The van der Waals surface area contributed by atoms with Gasteiger partial charge in [0.1, 0.15) is 0 Å². The number of benzene rings is 2. The van der Waals surface area contributed by atoms with Gasteiger partial charge in [0.05, 0.1) is 0 Å². The first-order chi connectivity index (χ1) is 8.20. The molecule has 0 aliphatic carbocycles. The zero-order valence-corrected chi connectivity index (χ0v) is 10.3. The third-order valence-electron chi connectivity index (χ3n) is 2.90. The Morgan fingerprint density at radius 1 is 1.12 bits per heavy atom. The Bertz CT molecular complexity index is 518. The second-order valence-corrected chi connectivity index (χ2v) is 4.21. The number of hydrogen-bond acceptors (Lipinski definition) is 2. The van der Waals surface area contributed by atoms with Crippen molar-refractivity contribution in [1.82, 2.24) is 0 Å². The number of nitrogen functional groups attached to an aromatic ring is 1. The lowest BCUT2D eigenvalue weighted by Gasteiger charge is -2.14. The van der Waals surface area contributed by atoms with Crippen molar-refractivity contribution in [3.05, 3.63) is 53.6 Å². The van der Waals surface area contributed by atoms with E-state index in [1.54, 1.807) is 0 Å². The van der Waals surface area contributed by atoms with Crippen molar-refractivity contribution in [2.24, 2.45) is 0 Å². The fourth-order valence-corrected chi connectivity index (χ4v) is 1.96. The highest BCUT2D eigenvalue weighted by Gasteiger charge is 2.04. The summed E-state index contributed by atoms with van der Waals surface area (Å²) in [6.07, 6.45) is 1.02. The molecule has 0 atom stereocenters. The highest BCUT2D eigenvalue weighted by Crippen LogP contribution is 2.26. The van der Waals surface area contributed by atoms with Crippen LogP contribution in [0.5, 0.6) is 0 Å². The molecular weight excluding hydrogens is 208 g/mol. The summed E-state index contributed by atoms with van der Waals surface area (Å²) < 4.78 is 0. The molecule has 0 aromatic heterocycles. The first kappa shape index (κ1) is 11.5. The second-order valence-electron chi connectivity index (χ2n) is 4.21. The molecule has 88 valence electrons. The number of rotatable bonds is 3. The average Bonchev–Trinajstić information content (AvgIpc) is 2.32. The lowest BCUT2D eigenvalue weighted by molar-refractivity contribution is 1.13. The monoisotopic (exact) mass is 226 g/mol. The van der Waals surface area contributed by atoms with Crippen LogP contribution in [0.4, 0.5) is 17.1 Å². The van der Waals surface area contributed by atoms with Gasteiger partial charge in [0.2, 0.25) is 0 Å². The van der Waals surface area contributed by atoms with Gasteiger partial charge in [0.25, 0.3) is 0 Å². The average molecular weight is 226 g/mol. The Morgan fingerprint density at radius 3 is 2.59 bits per heavy atom. The van der Waals surface area contributed by atoms with Gasteiger partial charge in [-0.1, -0.05) is 31.2 Å². The maximum absolute atomic E-state index is 5.78. The fourth-order valence-electron chi connectivity index (χ4n) is 1.96. The predicted octanol–water partition coefficient (Wildman–Crippen LogP) is 3.88. The van der Waals surface area contributed by atoms with Crippen LogP contribution in [0.1, 0.15) is 18.1 Å². The Balaban J connectivity index is 2.35. The van der Waals surface area contributed by atoms with Crippen LogP contribution in [0.2, 0.25) is 0 Å². The summed E-state index contributed by atoms with van der Waals surface area (Å²) in [6, 6.07) is 14.2. The lowest BCUT2D eigenvalue weighted by Crippen LogP contribution is -1.98. The largest absolute Gasteiger partial charge is 0.399 e. The van der Waals surface area contributed by atoms with Gasteiger partial charge in [0, 0.05) is 17.1 Å². The summed E-state index contributed by atoms with van der Waals surface area (Å²) in [7, 11) is 0. The topological polar surface area (TPSA) is 38.0 Å². The molecule has 2 aromatic rings. The molecule has 17 heavy (non-hydrogen) atoms. The number of anilines is 3. The molecule has 2 rings (SSSR count). The van der Waals surface area contributed by atoms with Gasteiger partial charge < -0.3 is 11.1 Å². The smallest absolute Gasteiger partial charge is 0.0446 e. The molecule has 2 aromatic carbocycles. The third-order valence-corrected chi connectivity index (χ3v) is 2.90. The molecule has 2 heteroatoms. The van der Waals surface area contributed by atoms with Crippen LogP contribution in [-0.4, -0.2) is 0 Å². The van der Waals surface area contributed by atoms with Crippen molar-refractivity contribution in [1.29, 1.82) is 0 Å². The van der Waals surface area contributed by atoms with Crippen LogP contribution in [0, 0.1) is 6.92 Å². The third kappa shape index (κ3) is 2.59. The minimum atomic E-state index is 0.779. The van der Waals surface area contributed by atoms with Crippen LogP contribution in [0.3, 0.4) is 0 Å². The van der Waals surface area contributed by atoms with Gasteiger partial charge in [-0.2, -0.15) is 0 Å². The van der Waals surface area contributed by atoms with E-state index in [9.17, 15) is 0 Å². The van der Waals surface area contributed by atoms with Crippen molar-refractivity contribution in [2.45, 2.75) is 20.3 Å². The van der Waals surface area contributed by atoms with Crippen LogP contribution in [0.15, 0.2) is 42.5 Å². The lowest BCUT2D eigenvalue weighted by atomic mass is 10.1. The highest BCUT2D eigenvalue weighted by molar-refractivity contribution is 5.68. The molecule has 0 heterocycles. The predicted molar refractivity (Wildman–Crippen MR) is 74.7 cm³/mol. The molecule has 0 saturated carbocycles. The highest BCUT2D eigenvalue weighted by atomic mass is 14.9. The van der Waals surface area contributed by atoms with E-state index in [1.807, 2.05) is 24.3 Å². The minimum Gasteiger partial charge on any atom is -0.399 e. The van der Waals surface area contributed by atoms with Crippen molar-refractivity contribution in [3.8, 4) is 0 Å². The SMILES string of the molecule is CCc1cccc(C)c1Nc1cccc(N)c1. The molecular formula is C15H18N2. The van der Waals surface area contributed by atoms with E-state index in [-0.39, 0.29) is 0 Å². The first-order valence-electron chi connectivity index (χ1n) is 5.91. The number of aryl methyl sites for hydroxylation is 2. The Labute approximate surface area is 102 Å². The second kappa shape index (κ2) is 4.91. The molecule has 2 nitrogen and oxygen atoms in total. The molecule has 0 saturated heterocycles. The van der Waals surface area contributed by atoms with Crippen LogP contribution in [-0.2, 0) is 6.42 Å². The molecule has 0 aliphatic heterocycles. The van der Waals surface area contributed by atoms with E-state index >= 15 is 0 Å². The summed E-state index contributed by atoms with van der Waals surface area (Å²) in [5.74, 6) is 0. The molecule has 0 aliphatic rings. The van der Waals surface area contributed by atoms with Crippen molar-refractivity contribution in [2.75, 3.05) is 11.1 Å². The summed E-state index contributed by atoms with van der Waals surface area (Å²) in [5, 5.41) is 3.45. The molecule has 0 bridgehead atoms. The molecule has 0 unspecified atom stereocenters. The van der Waals surface area contributed by atoms with E-state index in [2.05, 4.69) is 37.4 Å². The summed E-state index contributed by atoms with van der Waals surface area (Å²) >= 11 is 0. The van der Waals surface area contributed by atoms with E-state index in [0.29, 0.717) is 0 Å². The standard InChI is InChI=1S/C15H18N2/c1-3-12-7-4-6-11(2)15(12)17-14-9-5-8-13(16)10-14/h4-10,17H,3,16H2,1-2H3. The number of nitrogens with one attached hydrogen (secondary N) is 1. The Morgan fingerprint density at radius 2 is 1.88 bits per heavy atom. The molecule has 0 radical (unpaired) electrons. The van der Waals surface area contributed by atoms with Gasteiger partial charge >= 0.3 is 0 Å². The van der Waals surface area contributed by atoms with Crippen molar-refractivity contribution < 1.29 is 0 Å². The molecule has 0 fully saturated rings. The van der Waals surface area contributed by atoms with Gasteiger partial charge in [-0.15, -0.1) is 0 Å². The Hall–Kier alpha value is -1.96. The minimum absolute atomic E-state index is 0.779. The van der Waals surface area contributed by atoms with Crippen LogP contribution >= 0.6 is 0 Å². The zero-order chi connectivity index (χ0) is 12.3. The molecule has 0 amide bonds. The summed E-state index contributed by atoms with van der Waals surface area (Å²) in [4.78, 5) is 0. The number of nitrogens with two attached hydrogens (primary N) is 1. The zero-order valence-electron chi connectivity index (χ0n) is 10.3. The number of hydrogen-bond donors (Lipinski definition) is 2. The number of para-hydroxylation sites is 1. The van der Waals surface area contributed by atoms with E-state index in [4.69, 9.17) is 5.73 Å². The van der Waals surface area contributed by atoms with Gasteiger partial charge in [-0.25, -0.2) is 0 Å². The fraction of sp³-hybridized carbons (Fsp3) is 0.200. The van der Waals surface area contributed by atoms with Crippen molar-refractivity contribution >= 4 is 17.1 Å². The normalized spacial score (nSPS) is 10.2. The van der Waals surface area contributed by atoms with Gasteiger partial charge in [-0.3, -0.25) is 0 Å². The molecule has 3 N–H and O–H groups in total. The summed E-state index contributed by atoms with van der Waals surface area (Å²) in [5.41, 5.74) is 11.4. The van der Waals surface area contributed by atoms with Gasteiger partial charge in [-0.05, 0) is 42.7 Å². The summed E-state index contributed by atoms with van der Waals surface area (Å²) in [6.45, 7) is 4.28. The maximum atomic E-state index is 5.78. The first-order valence-corrected chi connectivity index (χ1v) is 5.91. The van der Waals surface area contributed by atoms with Crippen molar-refractivity contribution in [3.63, 3.8) is 0 Å². The van der Waals surface area contributed by atoms with Gasteiger partial charge in [0.15, 0.2) is 0 Å². The van der Waals surface area contributed by atoms with Crippen LogP contribution < -0.4 is 11.1 Å². The maximum Gasteiger partial charge on any atom is 0.0446 e. The Kier molecular flexibility index (Phi) is 3.33. The van der Waals surface area contributed by atoms with E-state index in [0.717, 1.165) is 17.8 Å². The quantitative estimate of drug-likeness (QED) is 0.779.